The number of para-hydroxylation sites is 1. The molecule has 0 amide bonds. The van der Waals surface area contributed by atoms with Gasteiger partial charge < -0.3 is 9.13 Å². The van der Waals surface area contributed by atoms with E-state index in [0.29, 0.717) is 0 Å². The molecule has 2 nitrogen and oxygen atoms in total. The molecule has 59 heavy (non-hydrogen) atoms. The second-order valence-electron chi connectivity index (χ2n) is 15.7. The lowest BCUT2D eigenvalue weighted by Crippen LogP contribution is -1.95. The Morgan fingerprint density at radius 3 is 1.98 bits per heavy atom. The van der Waals surface area contributed by atoms with Gasteiger partial charge in [-0.05, 0) is 122 Å². The van der Waals surface area contributed by atoms with Crippen molar-refractivity contribution < 1.29 is 0 Å². The van der Waals surface area contributed by atoms with Crippen LogP contribution in [0.4, 0.5) is 0 Å². The van der Waals surface area contributed by atoms with Gasteiger partial charge in [0.2, 0.25) is 0 Å². The number of hydrogen-bond acceptors (Lipinski definition) is 0. The third-order valence-corrected chi connectivity index (χ3v) is 12.5. The van der Waals surface area contributed by atoms with Crippen LogP contribution in [-0.2, 0) is 0 Å². The largest absolute Gasteiger partial charge is 0.309 e. The monoisotopic (exact) mass is 750 g/mol. The molecule has 0 saturated heterocycles. The maximum atomic E-state index is 4.17. The van der Waals surface area contributed by atoms with Crippen LogP contribution in [0.25, 0.3) is 121 Å². The minimum absolute atomic E-state index is 1.05. The lowest BCUT2D eigenvalue weighted by atomic mass is 9.97. The molecule has 0 spiro atoms. The van der Waals surface area contributed by atoms with E-state index in [1.165, 1.54) is 104 Å². The van der Waals surface area contributed by atoms with Gasteiger partial charge in [-0.1, -0.05) is 152 Å². The molecule has 2 heterocycles. The van der Waals surface area contributed by atoms with E-state index in [1.807, 2.05) is 13.0 Å². The summed E-state index contributed by atoms with van der Waals surface area (Å²) in [6, 6.07) is 65.4. The summed E-state index contributed by atoms with van der Waals surface area (Å²) in [4.78, 5) is 0. The Bertz CT molecular complexity index is 3630. The fourth-order valence-electron chi connectivity index (χ4n) is 9.88. The van der Waals surface area contributed by atoms with Gasteiger partial charge in [-0.3, -0.25) is 0 Å². The van der Waals surface area contributed by atoms with Crippen molar-refractivity contribution in [2.45, 2.75) is 6.92 Å². The van der Waals surface area contributed by atoms with Crippen molar-refractivity contribution in [2.75, 3.05) is 0 Å². The van der Waals surface area contributed by atoms with Crippen LogP contribution in [0, 0.1) is 0 Å². The first kappa shape index (κ1) is 33.5. The Morgan fingerprint density at radius 2 is 1.12 bits per heavy atom. The standard InChI is InChI=1S/C57H38N2/c1-3-5-17-42(4-2)58-53-23-9-8-20-46(53)52-34-40(27-31-54(52)58)41-26-29-47-50-30-24-36-13-6-7-19-44(36)57(50)59(55(47)35-41)43-18-10-16-38(32-43)39-25-28-45-48-21-11-14-37-15-12-22-49(56(37)48)51(45)33-39/h3-35H,2H2,1H3/b5-3-,42-17+. The molecule has 2 aromatic heterocycles. The molecule has 0 aliphatic heterocycles. The summed E-state index contributed by atoms with van der Waals surface area (Å²) in [5.41, 5.74) is 17.0. The zero-order valence-corrected chi connectivity index (χ0v) is 32.7. The van der Waals surface area contributed by atoms with Crippen LogP contribution in [0.15, 0.2) is 207 Å². The molecular formula is C57H38N2. The molecule has 0 unspecified atom stereocenters. The molecule has 0 atom stereocenters. The van der Waals surface area contributed by atoms with Crippen molar-refractivity contribution >= 4 is 70.9 Å². The summed E-state index contributed by atoms with van der Waals surface area (Å²) in [5.74, 6) is 0. The maximum Gasteiger partial charge on any atom is 0.0619 e. The number of benzene rings is 9. The smallest absolute Gasteiger partial charge is 0.0619 e. The average molecular weight is 751 g/mol. The van der Waals surface area contributed by atoms with Crippen LogP contribution < -0.4 is 0 Å². The Morgan fingerprint density at radius 1 is 0.458 bits per heavy atom. The highest BCUT2D eigenvalue weighted by Gasteiger charge is 2.22. The number of rotatable bonds is 6. The van der Waals surface area contributed by atoms with Gasteiger partial charge in [-0.15, -0.1) is 0 Å². The first-order valence-electron chi connectivity index (χ1n) is 20.4. The first-order valence-corrected chi connectivity index (χ1v) is 20.4. The second kappa shape index (κ2) is 12.9. The number of hydrogen-bond donors (Lipinski definition) is 0. The van der Waals surface area contributed by atoms with Gasteiger partial charge in [0, 0.05) is 38.3 Å². The third kappa shape index (κ3) is 4.93. The molecule has 0 bridgehead atoms. The van der Waals surface area contributed by atoms with Crippen LogP contribution in [-0.4, -0.2) is 9.13 Å². The molecule has 0 fully saturated rings. The van der Waals surface area contributed by atoms with Gasteiger partial charge in [0.15, 0.2) is 0 Å². The van der Waals surface area contributed by atoms with Crippen LogP contribution in [0.2, 0.25) is 0 Å². The Balaban J connectivity index is 1.05. The number of fused-ring (bicyclic) bond motifs is 11. The molecule has 0 N–H and O–H groups in total. The van der Waals surface area contributed by atoms with Crippen molar-refractivity contribution in [3.63, 3.8) is 0 Å². The van der Waals surface area contributed by atoms with Gasteiger partial charge in [-0.2, -0.15) is 0 Å². The molecule has 276 valence electrons. The predicted octanol–water partition coefficient (Wildman–Crippen LogP) is 15.8. The fourth-order valence-corrected chi connectivity index (χ4v) is 9.88. The van der Waals surface area contributed by atoms with Crippen molar-refractivity contribution in [1.82, 2.24) is 9.13 Å². The van der Waals surface area contributed by atoms with Crippen LogP contribution in [0.1, 0.15) is 6.92 Å². The van der Waals surface area contributed by atoms with Crippen molar-refractivity contribution in [3.05, 3.63) is 207 Å². The van der Waals surface area contributed by atoms with E-state index >= 15 is 0 Å². The molecular weight excluding hydrogens is 713 g/mol. The number of nitrogens with zero attached hydrogens (tertiary/aromatic N) is 2. The lowest BCUT2D eigenvalue weighted by molar-refractivity contribution is 1.19. The lowest BCUT2D eigenvalue weighted by Gasteiger charge is -2.13. The molecule has 9 aromatic carbocycles. The van der Waals surface area contributed by atoms with Crippen molar-refractivity contribution in [3.8, 4) is 50.2 Å². The average Bonchev–Trinajstić information content (AvgIpc) is 3.93. The van der Waals surface area contributed by atoms with E-state index in [1.54, 1.807) is 0 Å². The summed E-state index contributed by atoms with van der Waals surface area (Å²) < 4.78 is 4.82. The highest BCUT2D eigenvalue weighted by Crippen LogP contribution is 2.48. The molecule has 1 aliphatic carbocycles. The zero-order valence-electron chi connectivity index (χ0n) is 32.7. The molecule has 2 heteroatoms. The summed E-state index contributed by atoms with van der Waals surface area (Å²) >= 11 is 0. The Labute approximate surface area is 342 Å². The van der Waals surface area contributed by atoms with Crippen molar-refractivity contribution in [2.24, 2.45) is 0 Å². The van der Waals surface area contributed by atoms with E-state index in [0.717, 1.165) is 16.9 Å². The third-order valence-electron chi connectivity index (χ3n) is 12.5. The number of allylic oxidation sites excluding steroid dienone is 5. The predicted molar refractivity (Wildman–Crippen MR) is 253 cm³/mol. The number of aromatic nitrogens is 2. The molecule has 0 radical (unpaired) electrons. The van der Waals surface area contributed by atoms with Gasteiger partial charge in [0.25, 0.3) is 0 Å². The van der Waals surface area contributed by atoms with Crippen LogP contribution >= 0.6 is 0 Å². The normalized spacial score (nSPS) is 12.6. The zero-order chi connectivity index (χ0) is 39.2. The molecule has 11 aromatic rings. The van der Waals surface area contributed by atoms with Gasteiger partial charge in [-0.25, -0.2) is 0 Å². The highest BCUT2D eigenvalue weighted by molar-refractivity contribution is 6.20. The highest BCUT2D eigenvalue weighted by atomic mass is 15.0. The molecule has 0 saturated carbocycles. The van der Waals surface area contributed by atoms with E-state index in [9.17, 15) is 0 Å². The molecule has 1 aliphatic rings. The first-order chi connectivity index (χ1) is 29.2. The minimum atomic E-state index is 1.05. The summed E-state index contributed by atoms with van der Waals surface area (Å²) in [6.07, 6.45) is 8.19. The van der Waals surface area contributed by atoms with E-state index in [-0.39, 0.29) is 0 Å². The van der Waals surface area contributed by atoms with E-state index in [2.05, 4.69) is 210 Å². The summed E-state index contributed by atoms with van der Waals surface area (Å²) in [7, 11) is 0. The minimum Gasteiger partial charge on any atom is -0.309 e. The van der Waals surface area contributed by atoms with Gasteiger partial charge in [0.1, 0.15) is 0 Å². The van der Waals surface area contributed by atoms with E-state index in [4.69, 9.17) is 0 Å². The molecule has 12 rings (SSSR count). The van der Waals surface area contributed by atoms with Crippen LogP contribution in [0.5, 0.6) is 0 Å². The Hall–Kier alpha value is -7.68. The fraction of sp³-hybridized carbons (Fsp3) is 0.0175. The van der Waals surface area contributed by atoms with E-state index < -0.39 is 0 Å². The van der Waals surface area contributed by atoms with Gasteiger partial charge >= 0.3 is 0 Å². The van der Waals surface area contributed by atoms with Crippen LogP contribution in [0.3, 0.4) is 0 Å². The van der Waals surface area contributed by atoms with Gasteiger partial charge in [0.05, 0.1) is 22.1 Å². The maximum absolute atomic E-state index is 4.17. The summed E-state index contributed by atoms with van der Waals surface area (Å²) in [5, 5.41) is 10.1. The quantitative estimate of drug-likeness (QED) is 0.150. The topological polar surface area (TPSA) is 9.86 Å². The second-order valence-corrected chi connectivity index (χ2v) is 15.7. The SMILES string of the molecule is C=C/C(=C\C=C/C)n1c2ccccc2c2cc(-c3ccc4c5ccc6ccccc6c5n(-c5cccc(-c6ccc7c(c6)-c6cccc8cccc-7c68)c5)c4c3)ccc21. The van der Waals surface area contributed by atoms with Crippen molar-refractivity contribution in [1.29, 1.82) is 0 Å². The summed E-state index contributed by atoms with van der Waals surface area (Å²) in [6.45, 7) is 6.21. The Kier molecular flexibility index (Phi) is 7.33.